The highest BCUT2D eigenvalue weighted by atomic mass is 16.5. The minimum absolute atomic E-state index is 0.223. The SMILES string of the molecule is O=C(O)CCCN1CCOC(Cc2ccccc2)C1. The molecule has 1 atom stereocenters. The second-order valence-electron chi connectivity index (χ2n) is 4.98. The highest BCUT2D eigenvalue weighted by Crippen LogP contribution is 2.12. The number of aliphatic carboxylic acids is 1. The molecule has 0 aliphatic carbocycles. The molecule has 0 amide bonds. The van der Waals surface area contributed by atoms with Crippen LogP contribution in [0.3, 0.4) is 0 Å². The van der Waals surface area contributed by atoms with Crippen LogP contribution in [0.25, 0.3) is 0 Å². The number of carbonyl (C=O) groups is 1. The van der Waals surface area contributed by atoms with Gasteiger partial charge in [-0.2, -0.15) is 0 Å². The van der Waals surface area contributed by atoms with E-state index in [-0.39, 0.29) is 12.5 Å². The lowest BCUT2D eigenvalue weighted by Crippen LogP contribution is -2.43. The maximum atomic E-state index is 10.5. The molecule has 1 heterocycles. The minimum atomic E-state index is -0.714. The molecule has 1 aliphatic rings. The van der Waals surface area contributed by atoms with E-state index in [1.54, 1.807) is 0 Å². The van der Waals surface area contributed by atoms with Gasteiger partial charge in [0.05, 0.1) is 12.7 Å². The van der Waals surface area contributed by atoms with Crippen molar-refractivity contribution >= 4 is 5.97 Å². The number of carboxylic acids is 1. The predicted molar refractivity (Wildman–Crippen MR) is 73.2 cm³/mol. The van der Waals surface area contributed by atoms with Crippen LogP contribution in [0.5, 0.6) is 0 Å². The minimum Gasteiger partial charge on any atom is -0.481 e. The van der Waals surface area contributed by atoms with Crippen molar-refractivity contribution in [3.05, 3.63) is 35.9 Å². The largest absolute Gasteiger partial charge is 0.481 e. The molecule has 1 aliphatic heterocycles. The van der Waals surface area contributed by atoms with E-state index in [1.165, 1.54) is 5.56 Å². The van der Waals surface area contributed by atoms with E-state index in [0.717, 1.165) is 32.7 Å². The standard InChI is InChI=1S/C15H21NO3/c17-15(18)7-4-8-16-9-10-19-14(12-16)11-13-5-2-1-3-6-13/h1-3,5-6,14H,4,7-12H2,(H,17,18). The van der Waals surface area contributed by atoms with Crippen LogP contribution in [0.2, 0.25) is 0 Å². The fourth-order valence-corrected chi connectivity index (χ4v) is 2.44. The molecule has 0 saturated carbocycles. The van der Waals surface area contributed by atoms with Gasteiger partial charge in [0.15, 0.2) is 0 Å². The van der Waals surface area contributed by atoms with Gasteiger partial charge in [0.1, 0.15) is 0 Å². The van der Waals surface area contributed by atoms with E-state index in [0.29, 0.717) is 6.42 Å². The molecule has 0 aromatic heterocycles. The van der Waals surface area contributed by atoms with Gasteiger partial charge < -0.3 is 9.84 Å². The number of benzene rings is 1. The quantitative estimate of drug-likeness (QED) is 0.850. The summed E-state index contributed by atoms with van der Waals surface area (Å²) in [6, 6.07) is 10.3. The molecular weight excluding hydrogens is 242 g/mol. The summed E-state index contributed by atoms with van der Waals surface area (Å²) >= 11 is 0. The summed E-state index contributed by atoms with van der Waals surface area (Å²) < 4.78 is 5.78. The second-order valence-corrected chi connectivity index (χ2v) is 4.98. The Morgan fingerprint density at radius 3 is 2.89 bits per heavy atom. The van der Waals surface area contributed by atoms with Crippen LogP contribution in [-0.4, -0.2) is 48.3 Å². The fourth-order valence-electron chi connectivity index (χ4n) is 2.44. The maximum absolute atomic E-state index is 10.5. The van der Waals surface area contributed by atoms with Crippen LogP contribution < -0.4 is 0 Å². The zero-order chi connectivity index (χ0) is 13.5. The smallest absolute Gasteiger partial charge is 0.303 e. The van der Waals surface area contributed by atoms with Crippen LogP contribution in [-0.2, 0) is 16.0 Å². The Bertz CT molecular complexity index is 394. The number of carboxylic acid groups (broad SMARTS) is 1. The molecule has 0 spiro atoms. The Morgan fingerprint density at radius 1 is 1.37 bits per heavy atom. The number of morpholine rings is 1. The molecule has 104 valence electrons. The highest BCUT2D eigenvalue weighted by Gasteiger charge is 2.20. The van der Waals surface area contributed by atoms with Crippen LogP contribution >= 0.6 is 0 Å². The first-order valence-corrected chi connectivity index (χ1v) is 6.84. The molecule has 0 radical (unpaired) electrons. The van der Waals surface area contributed by atoms with E-state index in [9.17, 15) is 4.79 Å². The van der Waals surface area contributed by atoms with Gasteiger partial charge in [-0.1, -0.05) is 30.3 Å². The van der Waals surface area contributed by atoms with Gasteiger partial charge >= 0.3 is 5.97 Å². The average molecular weight is 263 g/mol. The van der Waals surface area contributed by atoms with Crippen LogP contribution in [0.15, 0.2) is 30.3 Å². The molecule has 4 heteroatoms. The lowest BCUT2D eigenvalue weighted by atomic mass is 10.1. The molecule has 19 heavy (non-hydrogen) atoms. The van der Waals surface area contributed by atoms with Crippen LogP contribution in [0.1, 0.15) is 18.4 Å². The third kappa shape index (κ3) is 5.01. The summed E-state index contributed by atoms with van der Waals surface area (Å²) in [6.45, 7) is 3.39. The first-order chi connectivity index (χ1) is 9.24. The normalized spacial score (nSPS) is 20.3. The molecule has 2 rings (SSSR count). The Labute approximate surface area is 114 Å². The average Bonchev–Trinajstić information content (AvgIpc) is 2.40. The van der Waals surface area contributed by atoms with Crippen molar-refractivity contribution in [3.8, 4) is 0 Å². The number of rotatable bonds is 6. The van der Waals surface area contributed by atoms with Crippen molar-refractivity contribution in [2.24, 2.45) is 0 Å². The number of nitrogens with zero attached hydrogens (tertiary/aromatic N) is 1. The van der Waals surface area contributed by atoms with E-state index in [2.05, 4.69) is 17.0 Å². The Hall–Kier alpha value is -1.39. The molecule has 1 saturated heterocycles. The molecule has 1 N–H and O–H groups in total. The van der Waals surface area contributed by atoms with E-state index >= 15 is 0 Å². The Morgan fingerprint density at radius 2 is 2.16 bits per heavy atom. The molecule has 1 unspecified atom stereocenters. The monoisotopic (exact) mass is 263 g/mol. The van der Waals surface area contributed by atoms with Crippen LogP contribution in [0.4, 0.5) is 0 Å². The predicted octanol–water partition coefficient (Wildman–Crippen LogP) is 1.79. The summed E-state index contributed by atoms with van der Waals surface area (Å²) in [5.41, 5.74) is 1.29. The number of hydrogen-bond acceptors (Lipinski definition) is 3. The van der Waals surface area contributed by atoms with Gasteiger partial charge in [0, 0.05) is 19.5 Å². The lowest BCUT2D eigenvalue weighted by Gasteiger charge is -2.33. The van der Waals surface area contributed by atoms with Crippen molar-refractivity contribution in [2.75, 3.05) is 26.2 Å². The van der Waals surface area contributed by atoms with Gasteiger partial charge in [-0.25, -0.2) is 0 Å². The third-order valence-corrected chi connectivity index (χ3v) is 3.39. The molecule has 1 aromatic carbocycles. The first kappa shape index (κ1) is 14.0. The molecular formula is C15H21NO3. The molecule has 1 fully saturated rings. The van der Waals surface area contributed by atoms with Gasteiger partial charge in [-0.3, -0.25) is 9.69 Å². The number of ether oxygens (including phenoxy) is 1. The lowest BCUT2D eigenvalue weighted by molar-refractivity contribution is -0.137. The first-order valence-electron chi connectivity index (χ1n) is 6.84. The topological polar surface area (TPSA) is 49.8 Å². The zero-order valence-corrected chi connectivity index (χ0v) is 11.1. The van der Waals surface area contributed by atoms with E-state index in [1.807, 2.05) is 18.2 Å². The fraction of sp³-hybridized carbons (Fsp3) is 0.533. The molecule has 1 aromatic rings. The van der Waals surface area contributed by atoms with Crippen molar-refractivity contribution in [2.45, 2.75) is 25.4 Å². The number of hydrogen-bond donors (Lipinski definition) is 1. The zero-order valence-electron chi connectivity index (χ0n) is 11.1. The van der Waals surface area contributed by atoms with Gasteiger partial charge in [0.25, 0.3) is 0 Å². The summed E-state index contributed by atoms with van der Waals surface area (Å²) in [6.07, 6.45) is 2.12. The summed E-state index contributed by atoms with van der Waals surface area (Å²) in [5, 5.41) is 8.65. The van der Waals surface area contributed by atoms with Crippen LogP contribution in [0, 0.1) is 0 Å². The van der Waals surface area contributed by atoms with Gasteiger partial charge in [-0.05, 0) is 24.9 Å². The summed E-state index contributed by atoms with van der Waals surface area (Å²) in [7, 11) is 0. The molecule has 4 nitrogen and oxygen atoms in total. The van der Waals surface area contributed by atoms with Crippen molar-refractivity contribution in [3.63, 3.8) is 0 Å². The molecule has 0 bridgehead atoms. The Kier molecular flexibility index (Phi) is 5.36. The van der Waals surface area contributed by atoms with Crippen molar-refractivity contribution in [1.29, 1.82) is 0 Å². The summed E-state index contributed by atoms with van der Waals surface area (Å²) in [4.78, 5) is 12.8. The Balaban J connectivity index is 1.75. The van der Waals surface area contributed by atoms with E-state index in [4.69, 9.17) is 9.84 Å². The second kappa shape index (κ2) is 7.26. The maximum Gasteiger partial charge on any atom is 0.303 e. The van der Waals surface area contributed by atoms with Gasteiger partial charge in [0.2, 0.25) is 0 Å². The van der Waals surface area contributed by atoms with Gasteiger partial charge in [-0.15, -0.1) is 0 Å². The summed E-state index contributed by atoms with van der Waals surface area (Å²) in [5.74, 6) is -0.714. The van der Waals surface area contributed by atoms with E-state index < -0.39 is 5.97 Å². The van der Waals surface area contributed by atoms with Crippen molar-refractivity contribution < 1.29 is 14.6 Å². The highest BCUT2D eigenvalue weighted by molar-refractivity contribution is 5.66. The van der Waals surface area contributed by atoms with Crippen molar-refractivity contribution in [1.82, 2.24) is 4.90 Å². The third-order valence-electron chi connectivity index (χ3n) is 3.39.